The number of likely N-dealkylation sites (tertiary alicyclic amines) is 1. The first-order chi connectivity index (χ1) is 17.5. The van der Waals surface area contributed by atoms with Crippen LogP contribution in [0.3, 0.4) is 0 Å². The van der Waals surface area contributed by atoms with Crippen LogP contribution >= 0.6 is 11.3 Å². The van der Waals surface area contributed by atoms with E-state index < -0.39 is 11.9 Å². The number of carbonyl (C=O) groups excluding carboxylic acids is 3. The van der Waals surface area contributed by atoms with E-state index in [4.69, 9.17) is 4.74 Å². The molecule has 2 aromatic rings. The van der Waals surface area contributed by atoms with Crippen molar-refractivity contribution in [1.29, 1.82) is 0 Å². The average molecular weight is 515 g/mol. The number of amides is 3. The van der Waals surface area contributed by atoms with Crippen LogP contribution < -0.4 is 5.32 Å². The summed E-state index contributed by atoms with van der Waals surface area (Å²) < 4.78 is 19.4. The molecule has 0 bridgehead atoms. The molecular formula is C26H31FN4O4S. The van der Waals surface area contributed by atoms with E-state index in [-0.39, 0.29) is 36.4 Å². The van der Waals surface area contributed by atoms with Crippen LogP contribution in [0.25, 0.3) is 0 Å². The Bertz CT molecular complexity index is 1070. The SMILES string of the molecule is O=C(C1CC(N(CC2CCCO2)C(=O)c2cccs2)CN1C(=O)c1ccc(F)cc1)N1CCNCC1. The number of carbonyl (C=O) groups is 3. The Kier molecular flexibility index (Phi) is 7.64. The molecule has 4 heterocycles. The summed E-state index contributed by atoms with van der Waals surface area (Å²) in [6.07, 6.45) is 2.13. The van der Waals surface area contributed by atoms with Crippen LogP contribution in [0.15, 0.2) is 41.8 Å². The first kappa shape index (κ1) is 24.9. The molecular weight excluding hydrogens is 483 g/mol. The highest BCUT2D eigenvalue weighted by Crippen LogP contribution is 2.29. The highest BCUT2D eigenvalue weighted by atomic mass is 32.1. The van der Waals surface area contributed by atoms with E-state index in [1.165, 1.54) is 35.6 Å². The fourth-order valence-electron chi connectivity index (χ4n) is 5.30. The second-order valence-corrected chi connectivity index (χ2v) is 10.5. The molecule has 192 valence electrons. The lowest BCUT2D eigenvalue weighted by molar-refractivity contribution is -0.135. The van der Waals surface area contributed by atoms with Gasteiger partial charge in [-0.1, -0.05) is 6.07 Å². The van der Waals surface area contributed by atoms with Crippen molar-refractivity contribution in [2.75, 3.05) is 45.9 Å². The number of hydrogen-bond acceptors (Lipinski definition) is 6. The third-order valence-corrected chi connectivity index (χ3v) is 8.06. The summed E-state index contributed by atoms with van der Waals surface area (Å²) in [6.45, 7) is 3.90. The lowest BCUT2D eigenvalue weighted by Gasteiger charge is -2.32. The summed E-state index contributed by atoms with van der Waals surface area (Å²) >= 11 is 1.38. The minimum absolute atomic E-state index is 0.0573. The first-order valence-electron chi connectivity index (χ1n) is 12.5. The molecule has 0 radical (unpaired) electrons. The van der Waals surface area contributed by atoms with Crippen LogP contribution in [-0.4, -0.2) is 96.5 Å². The number of nitrogens with zero attached hydrogens (tertiary/aromatic N) is 3. The van der Waals surface area contributed by atoms with Crippen molar-refractivity contribution in [3.05, 3.63) is 58.0 Å². The molecule has 10 heteroatoms. The molecule has 0 aliphatic carbocycles. The molecule has 1 aromatic heterocycles. The largest absolute Gasteiger partial charge is 0.376 e. The fourth-order valence-corrected chi connectivity index (χ4v) is 5.98. The maximum atomic E-state index is 13.6. The Morgan fingerprint density at radius 3 is 2.58 bits per heavy atom. The molecule has 8 nitrogen and oxygen atoms in total. The number of nitrogens with one attached hydrogen (secondary N) is 1. The van der Waals surface area contributed by atoms with E-state index in [1.807, 2.05) is 11.4 Å². The van der Waals surface area contributed by atoms with Gasteiger partial charge < -0.3 is 24.8 Å². The van der Waals surface area contributed by atoms with Gasteiger partial charge in [-0.25, -0.2) is 4.39 Å². The zero-order valence-corrected chi connectivity index (χ0v) is 20.9. The van der Waals surface area contributed by atoms with E-state index in [1.54, 1.807) is 20.8 Å². The topological polar surface area (TPSA) is 82.2 Å². The number of rotatable bonds is 6. The van der Waals surface area contributed by atoms with Crippen molar-refractivity contribution >= 4 is 29.1 Å². The summed E-state index contributed by atoms with van der Waals surface area (Å²) in [6, 6.07) is 8.01. The standard InChI is InChI=1S/C26H31FN4O4S/c27-19-7-5-18(6-8-19)24(32)31-16-20(15-22(31)25(33)29-11-9-28-10-12-29)30(17-21-3-1-13-35-21)26(34)23-4-2-14-36-23/h2,4-8,14,20-22,28H,1,3,9-13,15-17H2. The summed E-state index contributed by atoms with van der Waals surface area (Å²) in [5.74, 6) is -0.958. The van der Waals surface area contributed by atoms with Gasteiger partial charge in [0.25, 0.3) is 11.8 Å². The van der Waals surface area contributed by atoms with Gasteiger partial charge in [-0.2, -0.15) is 0 Å². The molecule has 3 fully saturated rings. The van der Waals surface area contributed by atoms with Gasteiger partial charge in [-0.3, -0.25) is 14.4 Å². The van der Waals surface area contributed by atoms with Crippen molar-refractivity contribution in [3.8, 4) is 0 Å². The Morgan fingerprint density at radius 1 is 1.14 bits per heavy atom. The fraction of sp³-hybridized carbons (Fsp3) is 0.500. The van der Waals surface area contributed by atoms with Crippen LogP contribution in [0, 0.1) is 5.82 Å². The Labute approximate surface area is 214 Å². The van der Waals surface area contributed by atoms with Gasteiger partial charge in [-0.15, -0.1) is 11.3 Å². The van der Waals surface area contributed by atoms with Gasteiger partial charge in [0, 0.05) is 51.4 Å². The number of benzene rings is 1. The minimum atomic E-state index is -0.686. The highest BCUT2D eigenvalue weighted by molar-refractivity contribution is 7.12. The number of halogens is 1. The van der Waals surface area contributed by atoms with Crippen LogP contribution in [0.5, 0.6) is 0 Å². The van der Waals surface area contributed by atoms with Gasteiger partial charge >= 0.3 is 0 Å². The number of hydrogen-bond donors (Lipinski definition) is 1. The predicted molar refractivity (Wildman–Crippen MR) is 133 cm³/mol. The highest BCUT2D eigenvalue weighted by Gasteiger charge is 2.45. The molecule has 3 amide bonds. The van der Waals surface area contributed by atoms with Crippen molar-refractivity contribution in [3.63, 3.8) is 0 Å². The summed E-state index contributed by atoms with van der Waals surface area (Å²) in [5.41, 5.74) is 0.324. The first-order valence-corrected chi connectivity index (χ1v) is 13.4. The Hall–Kier alpha value is -2.82. The van der Waals surface area contributed by atoms with Crippen molar-refractivity contribution in [1.82, 2.24) is 20.0 Å². The molecule has 3 atom stereocenters. The molecule has 0 saturated carbocycles. The van der Waals surface area contributed by atoms with Crippen molar-refractivity contribution < 1.29 is 23.5 Å². The van der Waals surface area contributed by atoms with Gasteiger partial charge in [0.2, 0.25) is 5.91 Å². The van der Waals surface area contributed by atoms with Crippen LogP contribution in [0.4, 0.5) is 4.39 Å². The van der Waals surface area contributed by atoms with E-state index in [9.17, 15) is 18.8 Å². The lowest BCUT2D eigenvalue weighted by atomic mass is 10.1. The molecule has 36 heavy (non-hydrogen) atoms. The van der Waals surface area contributed by atoms with Crippen molar-refractivity contribution in [2.24, 2.45) is 0 Å². The van der Waals surface area contributed by atoms with E-state index in [0.29, 0.717) is 56.2 Å². The van der Waals surface area contributed by atoms with Crippen molar-refractivity contribution in [2.45, 2.75) is 37.5 Å². The predicted octanol–water partition coefficient (Wildman–Crippen LogP) is 2.22. The molecule has 3 aliphatic heterocycles. The molecule has 3 saturated heterocycles. The zero-order valence-electron chi connectivity index (χ0n) is 20.1. The maximum Gasteiger partial charge on any atom is 0.264 e. The van der Waals surface area contributed by atoms with E-state index >= 15 is 0 Å². The summed E-state index contributed by atoms with van der Waals surface area (Å²) in [5, 5.41) is 5.12. The molecule has 3 aliphatic rings. The number of ether oxygens (including phenoxy) is 1. The van der Waals surface area contributed by atoms with Gasteiger partial charge in [0.15, 0.2) is 0 Å². The molecule has 5 rings (SSSR count). The van der Waals surface area contributed by atoms with Gasteiger partial charge in [0.1, 0.15) is 11.9 Å². The number of piperazine rings is 1. The van der Waals surface area contributed by atoms with E-state index in [0.717, 1.165) is 12.8 Å². The van der Waals surface area contributed by atoms with Crippen LogP contribution in [-0.2, 0) is 9.53 Å². The minimum Gasteiger partial charge on any atom is -0.376 e. The quantitative estimate of drug-likeness (QED) is 0.640. The molecule has 3 unspecified atom stereocenters. The normalized spacial score (nSPS) is 24.2. The number of thiophene rings is 1. The smallest absolute Gasteiger partial charge is 0.264 e. The summed E-state index contributed by atoms with van der Waals surface area (Å²) in [4.78, 5) is 46.6. The lowest BCUT2D eigenvalue weighted by Crippen LogP contribution is -2.53. The average Bonchev–Trinajstić information content (AvgIpc) is 3.69. The van der Waals surface area contributed by atoms with E-state index in [2.05, 4.69) is 5.32 Å². The Balaban J connectivity index is 1.43. The summed E-state index contributed by atoms with van der Waals surface area (Å²) in [7, 11) is 0. The molecule has 1 aromatic carbocycles. The van der Waals surface area contributed by atoms with Crippen LogP contribution in [0.2, 0.25) is 0 Å². The monoisotopic (exact) mass is 514 g/mol. The molecule has 0 spiro atoms. The third kappa shape index (κ3) is 5.30. The Morgan fingerprint density at radius 2 is 1.92 bits per heavy atom. The maximum absolute atomic E-state index is 13.6. The second-order valence-electron chi connectivity index (χ2n) is 9.51. The molecule has 1 N–H and O–H groups in total. The van der Waals surface area contributed by atoms with Gasteiger partial charge in [0.05, 0.1) is 17.0 Å². The van der Waals surface area contributed by atoms with Crippen LogP contribution in [0.1, 0.15) is 39.3 Å². The van der Waals surface area contributed by atoms with Gasteiger partial charge in [-0.05, 0) is 55.0 Å². The third-order valence-electron chi connectivity index (χ3n) is 7.20. The zero-order chi connectivity index (χ0) is 25.1. The second kappa shape index (κ2) is 11.1.